The Bertz CT molecular complexity index is 389. The van der Waals surface area contributed by atoms with E-state index in [9.17, 15) is 9.59 Å². The highest BCUT2D eigenvalue weighted by molar-refractivity contribution is 5.78. The van der Waals surface area contributed by atoms with Crippen molar-refractivity contribution >= 4 is 11.9 Å². The van der Waals surface area contributed by atoms with E-state index in [4.69, 9.17) is 9.84 Å². The number of carbonyl (C=O) groups is 2. The summed E-state index contributed by atoms with van der Waals surface area (Å²) < 4.78 is 9.25. The summed E-state index contributed by atoms with van der Waals surface area (Å²) >= 11 is 0. The third-order valence-corrected chi connectivity index (χ3v) is 2.30. The monoisotopic (exact) mass is 282 g/mol. The number of benzene rings is 1. The number of aliphatic hydroxyl groups excluding tert-OH is 1. The van der Waals surface area contributed by atoms with Crippen LogP contribution >= 0.6 is 0 Å². The Balaban J connectivity index is 0.000000511. The van der Waals surface area contributed by atoms with Crippen molar-refractivity contribution in [1.29, 1.82) is 0 Å². The van der Waals surface area contributed by atoms with E-state index in [1.54, 1.807) is 26.0 Å². The molecule has 0 spiro atoms. The first-order chi connectivity index (χ1) is 9.56. The molecule has 20 heavy (non-hydrogen) atoms. The molecule has 0 bridgehead atoms. The normalized spacial score (nSPS) is 10.8. The summed E-state index contributed by atoms with van der Waals surface area (Å²) in [6.45, 7) is 5.52. The van der Waals surface area contributed by atoms with Gasteiger partial charge in [-0.25, -0.2) is 0 Å². The zero-order valence-electron chi connectivity index (χ0n) is 12.2. The largest absolute Gasteiger partial charge is 0.466 e. The summed E-state index contributed by atoms with van der Waals surface area (Å²) in [5.41, 5.74) is 0.786. The Morgan fingerprint density at radius 1 is 1.10 bits per heavy atom. The standard InChI is InChI=1S/C11H14O3.C4H8O2/c1-2-14-11(13)10(8-12)9-6-4-3-5-7-9;1-3-6-4(2)5/h3-7,10,12H,2,8H2,1H3;3H2,1-2H3. The minimum atomic E-state index is -0.559. The predicted octanol–water partition coefficient (Wildman–Crippen LogP) is 1.90. The number of carbonyl (C=O) groups excluding carboxylic acids is 2. The lowest BCUT2D eigenvalue weighted by molar-refractivity contribution is -0.146. The number of aliphatic hydroxyl groups is 1. The number of esters is 2. The van der Waals surface area contributed by atoms with Gasteiger partial charge in [-0.05, 0) is 19.4 Å². The first-order valence-electron chi connectivity index (χ1n) is 6.52. The topological polar surface area (TPSA) is 72.8 Å². The Morgan fingerprint density at radius 2 is 1.65 bits per heavy atom. The molecular formula is C15H22O5. The summed E-state index contributed by atoms with van der Waals surface area (Å²) in [5, 5.41) is 9.08. The van der Waals surface area contributed by atoms with Crippen LogP contribution in [0.1, 0.15) is 32.3 Å². The molecule has 0 aromatic heterocycles. The van der Waals surface area contributed by atoms with E-state index in [-0.39, 0.29) is 18.5 Å². The van der Waals surface area contributed by atoms with Gasteiger partial charge in [-0.3, -0.25) is 9.59 Å². The van der Waals surface area contributed by atoms with Gasteiger partial charge in [0.05, 0.1) is 19.8 Å². The van der Waals surface area contributed by atoms with Crippen LogP contribution in [0.2, 0.25) is 0 Å². The van der Waals surface area contributed by atoms with Crippen molar-refractivity contribution in [2.75, 3.05) is 19.8 Å². The van der Waals surface area contributed by atoms with Gasteiger partial charge in [0.15, 0.2) is 0 Å². The van der Waals surface area contributed by atoms with E-state index < -0.39 is 5.92 Å². The van der Waals surface area contributed by atoms with Gasteiger partial charge in [0.25, 0.3) is 0 Å². The second-order valence-corrected chi connectivity index (χ2v) is 3.82. The summed E-state index contributed by atoms with van der Waals surface area (Å²) in [5.74, 6) is -1.14. The van der Waals surface area contributed by atoms with Gasteiger partial charge in [-0.15, -0.1) is 0 Å². The molecule has 0 aliphatic heterocycles. The van der Waals surface area contributed by atoms with Crippen molar-refractivity contribution in [3.8, 4) is 0 Å². The average Bonchev–Trinajstić information content (AvgIpc) is 2.41. The molecule has 0 saturated heterocycles. The molecule has 1 rings (SSSR count). The minimum Gasteiger partial charge on any atom is -0.466 e. The van der Waals surface area contributed by atoms with Crippen LogP contribution in [0.25, 0.3) is 0 Å². The van der Waals surface area contributed by atoms with E-state index in [0.717, 1.165) is 5.56 Å². The molecule has 0 radical (unpaired) electrons. The zero-order valence-corrected chi connectivity index (χ0v) is 12.2. The fourth-order valence-electron chi connectivity index (χ4n) is 1.45. The molecule has 1 atom stereocenters. The van der Waals surface area contributed by atoms with E-state index in [0.29, 0.717) is 13.2 Å². The second kappa shape index (κ2) is 11.0. The van der Waals surface area contributed by atoms with Gasteiger partial charge in [0.1, 0.15) is 5.92 Å². The molecule has 1 unspecified atom stereocenters. The van der Waals surface area contributed by atoms with Crippen molar-refractivity contribution in [3.05, 3.63) is 35.9 Å². The van der Waals surface area contributed by atoms with Crippen molar-refractivity contribution in [1.82, 2.24) is 0 Å². The number of hydrogen-bond donors (Lipinski definition) is 1. The van der Waals surface area contributed by atoms with E-state index >= 15 is 0 Å². The van der Waals surface area contributed by atoms with E-state index in [2.05, 4.69) is 4.74 Å². The molecule has 0 saturated carbocycles. The Labute approximate surface area is 119 Å². The molecule has 0 fully saturated rings. The zero-order chi connectivity index (χ0) is 15.4. The molecule has 1 aromatic rings. The number of ether oxygens (including phenoxy) is 2. The Morgan fingerprint density at radius 3 is 2.00 bits per heavy atom. The SMILES string of the molecule is CCOC(=O)C(CO)c1ccccc1.CCOC(C)=O. The van der Waals surface area contributed by atoms with Crippen molar-refractivity contribution < 1.29 is 24.2 Å². The van der Waals surface area contributed by atoms with Crippen molar-refractivity contribution in [3.63, 3.8) is 0 Å². The Kier molecular flexibility index (Phi) is 9.96. The third-order valence-electron chi connectivity index (χ3n) is 2.30. The van der Waals surface area contributed by atoms with Crippen LogP contribution in [-0.2, 0) is 19.1 Å². The Hall–Kier alpha value is -1.88. The van der Waals surface area contributed by atoms with Crippen LogP contribution in [0.3, 0.4) is 0 Å². The summed E-state index contributed by atoms with van der Waals surface area (Å²) in [4.78, 5) is 21.2. The fourth-order valence-corrected chi connectivity index (χ4v) is 1.45. The van der Waals surface area contributed by atoms with Gasteiger partial charge in [-0.1, -0.05) is 30.3 Å². The minimum absolute atomic E-state index is 0.211. The molecule has 1 N–H and O–H groups in total. The quantitative estimate of drug-likeness (QED) is 0.835. The molecule has 0 aliphatic rings. The van der Waals surface area contributed by atoms with Crippen LogP contribution < -0.4 is 0 Å². The first-order valence-corrected chi connectivity index (χ1v) is 6.52. The van der Waals surface area contributed by atoms with Crippen LogP contribution in [0.15, 0.2) is 30.3 Å². The fraction of sp³-hybridized carbons (Fsp3) is 0.467. The molecule has 5 nitrogen and oxygen atoms in total. The average molecular weight is 282 g/mol. The highest BCUT2D eigenvalue weighted by Gasteiger charge is 2.20. The van der Waals surface area contributed by atoms with Crippen LogP contribution in [0.4, 0.5) is 0 Å². The molecule has 0 aliphatic carbocycles. The van der Waals surface area contributed by atoms with Crippen molar-refractivity contribution in [2.45, 2.75) is 26.7 Å². The summed E-state index contributed by atoms with van der Waals surface area (Å²) in [6, 6.07) is 9.13. The van der Waals surface area contributed by atoms with Crippen LogP contribution in [0, 0.1) is 0 Å². The predicted molar refractivity (Wildman–Crippen MR) is 75.2 cm³/mol. The maximum absolute atomic E-state index is 11.4. The summed E-state index contributed by atoms with van der Waals surface area (Å²) in [6.07, 6.45) is 0. The first kappa shape index (κ1) is 18.1. The van der Waals surface area contributed by atoms with Gasteiger partial charge in [0.2, 0.25) is 0 Å². The molecule has 5 heteroatoms. The van der Waals surface area contributed by atoms with Crippen molar-refractivity contribution in [2.24, 2.45) is 0 Å². The highest BCUT2D eigenvalue weighted by atomic mass is 16.5. The lowest BCUT2D eigenvalue weighted by Gasteiger charge is -2.12. The third kappa shape index (κ3) is 7.53. The van der Waals surface area contributed by atoms with Gasteiger partial charge in [-0.2, -0.15) is 0 Å². The molecule has 0 heterocycles. The van der Waals surface area contributed by atoms with E-state index in [1.165, 1.54) is 6.92 Å². The van der Waals surface area contributed by atoms with Gasteiger partial charge < -0.3 is 14.6 Å². The second-order valence-electron chi connectivity index (χ2n) is 3.82. The molecular weight excluding hydrogens is 260 g/mol. The summed E-state index contributed by atoms with van der Waals surface area (Å²) in [7, 11) is 0. The van der Waals surface area contributed by atoms with E-state index in [1.807, 2.05) is 18.2 Å². The number of hydrogen-bond acceptors (Lipinski definition) is 5. The lowest BCUT2D eigenvalue weighted by Crippen LogP contribution is -2.19. The van der Waals surface area contributed by atoms with Crippen LogP contribution in [-0.4, -0.2) is 36.9 Å². The lowest BCUT2D eigenvalue weighted by atomic mass is 10.0. The highest BCUT2D eigenvalue weighted by Crippen LogP contribution is 2.16. The maximum Gasteiger partial charge on any atom is 0.315 e. The van der Waals surface area contributed by atoms with Gasteiger partial charge in [0, 0.05) is 6.92 Å². The smallest absolute Gasteiger partial charge is 0.315 e. The van der Waals surface area contributed by atoms with Gasteiger partial charge >= 0.3 is 11.9 Å². The van der Waals surface area contributed by atoms with Crippen LogP contribution in [0.5, 0.6) is 0 Å². The molecule has 112 valence electrons. The molecule has 1 aromatic carbocycles. The maximum atomic E-state index is 11.4. The number of rotatable bonds is 5. The molecule has 0 amide bonds.